The molecule has 1 fully saturated rings. The van der Waals surface area contributed by atoms with Crippen molar-refractivity contribution in [2.45, 2.75) is 65.0 Å². The summed E-state index contributed by atoms with van der Waals surface area (Å²) < 4.78 is 0. The van der Waals surface area contributed by atoms with Gasteiger partial charge in [-0.15, -0.1) is 0 Å². The summed E-state index contributed by atoms with van der Waals surface area (Å²) in [6.07, 6.45) is 3.46. The Kier molecular flexibility index (Phi) is 3.44. The first kappa shape index (κ1) is 12.5. The molecular weight excluding hydrogens is 190 g/mol. The number of hydrogen-bond donors (Lipinski definition) is 2. The highest BCUT2D eigenvalue weighted by molar-refractivity contribution is 5.79. The average Bonchev–Trinajstić information content (AvgIpc) is 2.08. The predicted molar refractivity (Wildman–Crippen MR) is 60.9 cm³/mol. The first-order valence-electron chi connectivity index (χ1n) is 5.79. The zero-order chi connectivity index (χ0) is 11.7. The molecule has 1 rings (SSSR count). The Morgan fingerprint density at radius 1 is 1.20 bits per heavy atom. The first-order chi connectivity index (χ1) is 6.77. The number of aliphatic carboxylic acids is 1. The monoisotopic (exact) mass is 213 g/mol. The van der Waals surface area contributed by atoms with Gasteiger partial charge in [-0.2, -0.15) is 0 Å². The molecule has 0 spiro atoms. The fourth-order valence-corrected chi connectivity index (χ4v) is 2.33. The summed E-state index contributed by atoms with van der Waals surface area (Å²) in [6, 6.07) is 0.224. The summed E-state index contributed by atoms with van der Waals surface area (Å²) >= 11 is 0. The third-order valence-electron chi connectivity index (χ3n) is 3.43. The van der Waals surface area contributed by atoms with Crippen LogP contribution in [0.1, 0.15) is 53.4 Å². The quantitative estimate of drug-likeness (QED) is 0.757. The maximum atomic E-state index is 11.4. The largest absolute Gasteiger partial charge is 0.480 e. The van der Waals surface area contributed by atoms with Gasteiger partial charge in [-0.25, -0.2) is 0 Å². The van der Waals surface area contributed by atoms with Crippen LogP contribution in [0.4, 0.5) is 0 Å². The molecule has 1 saturated carbocycles. The van der Waals surface area contributed by atoms with E-state index in [2.05, 4.69) is 19.2 Å². The van der Waals surface area contributed by atoms with Crippen LogP contribution in [0.5, 0.6) is 0 Å². The lowest BCUT2D eigenvalue weighted by molar-refractivity contribution is -0.147. The summed E-state index contributed by atoms with van der Waals surface area (Å²) in [7, 11) is 0. The van der Waals surface area contributed by atoms with Gasteiger partial charge in [-0.1, -0.05) is 13.8 Å². The molecule has 0 aliphatic heterocycles. The molecular formula is C12H23NO2. The van der Waals surface area contributed by atoms with Crippen molar-refractivity contribution in [3.63, 3.8) is 0 Å². The highest BCUT2D eigenvalue weighted by atomic mass is 16.4. The van der Waals surface area contributed by atoms with Crippen LogP contribution in [0.25, 0.3) is 0 Å². The number of carboxylic acids is 1. The minimum atomic E-state index is -0.688. The second-order valence-electron chi connectivity index (χ2n) is 5.85. The first-order valence-corrected chi connectivity index (χ1v) is 5.79. The predicted octanol–water partition coefficient (Wildman–Crippen LogP) is 2.41. The molecule has 0 heterocycles. The van der Waals surface area contributed by atoms with Crippen LogP contribution in [-0.4, -0.2) is 22.7 Å². The van der Waals surface area contributed by atoms with Crippen molar-refractivity contribution in [1.82, 2.24) is 5.32 Å². The van der Waals surface area contributed by atoms with Gasteiger partial charge in [0.1, 0.15) is 5.54 Å². The van der Waals surface area contributed by atoms with E-state index in [1.165, 1.54) is 0 Å². The Morgan fingerprint density at radius 3 is 2.00 bits per heavy atom. The number of carbonyl (C=O) groups is 1. The highest BCUT2D eigenvalue weighted by Gasteiger charge is 2.44. The van der Waals surface area contributed by atoms with Crippen molar-refractivity contribution in [3.05, 3.63) is 0 Å². The van der Waals surface area contributed by atoms with Crippen molar-refractivity contribution in [3.8, 4) is 0 Å². The van der Waals surface area contributed by atoms with Crippen molar-refractivity contribution >= 4 is 5.97 Å². The molecule has 0 atom stereocenters. The van der Waals surface area contributed by atoms with Gasteiger partial charge in [0.2, 0.25) is 0 Å². The topological polar surface area (TPSA) is 49.3 Å². The fourth-order valence-electron chi connectivity index (χ4n) is 2.33. The molecule has 0 radical (unpaired) electrons. The maximum absolute atomic E-state index is 11.4. The third kappa shape index (κ3) is 2.94. The van der Waals surface area contributed by atoms with E-state index in [-0.39, 0.29) is 6.04 Å². The third-order valence-corrected chi connectivity index (χ3v) is 3.43. The van der Waals surface area contributed by atoms with Crippen LogP contribution in [0.2, 0.25) is 0 Å². The second-order valence-corrected chi connectivity index (χ2v) is 5.85. The number of nitrogens with one attached hydrogen (secondary N) is 1. The molecule has 0 aromatic carbocycles. The van der Waals surface area contributed by atoms with E-state index < -0.39 is 11.5 Å². The van der Waals surface area contributed by atoms with E-state index in [9.17, 15) is 9.90 Å². The van der Waals surface area contributed by atoms with E-state index in [0.717, 1.165) is 25.7 Å². The lowest BCUT2D eigenvalue weighted by Gasteiger charge is -2.42. The molecule has 0 bridgehead atoms. The Hall–Kier alpha value is -0.570. The minimum absolute atomic E-state index is 0.224. The maximum Gasteiger partial charge on any atom is 0.323 e. The molecule has 3 heteroatoms. The lowest BCUT2D eigenvalue weighted by atomic mass is 9.69. The van der Waals surface area contributed by atoms with Crippen molar-refractivity contribution in [2.75, 3.05) is 0 Å². The molecule has 3 nitrogen and oxygen atoms in total. The molecule has 0 aromatic heterocycles. The van der Waals surface area contributed by atoms with E-state index >= 15 is 0 Å². The molecule has 0 amide bonds. The summed E-state index contributed by atoms with van der Waals surface area (Å²) in [5, 5.41) is 12.6. The summed E-state index contributed by atoms with van der Waals surface area (Å²) in [6.45, 7) is 8.44. The van der Waals surface area contributed by atoms with Crippen LogP contribution in [0.15, 0.2) is 0 Å². The fraction of sp³-hybridized carbons (Fsp3) is 0.917. The molecule has 1 aliphatic carbocycles. The second kappa shape index (κ2) is 4.12. The molecule has 0 aromatic rings. The number of rotatable bonds is 3. The Balaban J connectivity index is 2.73. The molecule has 0 saturated heterocycles. The van der Waals surface area contributed by atoms with Gasteiger partial charge in [0.25, 0.3) is 0 Å². The summed E-state index contributed by atoms with van der Waals surface area (Å²) in [5.74, 6) is -0.688. The zero-order valence-corrected chi connectivity index (χ0v) is 10.3. The van der Waals surface area contributed by atoms with E-state index in [4.69, 9.17) is 0 Å². The number of carboxylic acid groups (broad SMARTS) is 1. The van der Waals surface area contributed by atoms with Gasteiger partial charge in [-0.3, -0.25) is 10.1 Å². The summed E-state index contributed by atoms with van der Waals surface area (Å²) in [4.78, 5) is 11.4. The van der Waals surface area contributed by atoms with Gasteiger partial charge in [0.05, 0.1) is 0 Å². The van der Waals surface area contributed by atoms with Crippen LogP contribution in [-0.2, 0) is 4.79 Å². The van der Waals surface area contributed by atoms with Crippen LogP contribution < -0.4 is 5.32 Å². The van der Waals surface area contributed by atoms with E-state index in [1.54, 1.807) is 0 Å². The zero-order valence-electron chi connectivity index (χ0n) is 10.3. The number of hydrogen-bond acceptors (Lipinski definition) is 2. The molecule has 2 N–H and O–H groups in total. The van der Waals surface area contributed by atoms with E-state index in [0.29, 0.717) is 5.41 Å². The molecule has 0 unspecified atom stereocenters. The Labute approximate surface area is 92.3 Å². The van der Waals surface area contributed by atoms with Gasteiger partial charge in [0, 0.05) is 6.04 Å². The van der Waals surface area contributed by atoms with Crippen LogP contribution in [0, 0.1) is 5.41 Å². The van der Waals surface area contributed by atoms with E-state index in [1.807, 2.05) is 13.8 Å². The standard InChI is InChI=1S/C12H23NO2/c1-9(2)13-12(10(14)15)7-5-11(3,4)6-8-12/h9,13H,5-8H2,1-4H3,(H,14,15). The van der Waals surface area contributed by atoms with Crippen molar-refractivity contribution in [1.29, 1.82) is 0 Å². The minimum Gasteiger partial charge on any atom is -0.480 e. The molecule has 15 heavy (non-hydrogen) atoms. The average molecular weight is 213 g/mol. The van der Waals surface area contributed by atoms with Gasteiger partial charge < -0.3 is 5.11 Å². The van der Waals surface area contributed by atoms with Gasteiger partial charge >= 0.3 is 5.97 Å². The Morgan fingerprint density at radius 2 is 1.67 bits per heavy atom. The Bertz CT molecular complexity index is 236. The van der Waals surface area contributed by atoms with Gasteiger partial charge in [0.15, 0.2) is 0 Å². The molecule has 88 valence electrons. The van der Waals surface area contributed by atoms with Crippen molar-refractivity contribution in [2.24, 2.45) is 5.41 Å². The van der Waals surface area contributed by atoms with Crippen molar-refractivity contribution < 1.29 is 9.90 Å². The smallest absolute Gasteiger partial charge is 0.323 e. The SMILES string of the molecule is CC(C)NC1(C(=O)O)CCC(C)(C)CC1. The van der Waals surface area contributed by atoms with Crippen LogP contribution in [0.3, 0.4) is 0 Å². The molecule has 1 aliphatic rings. The summed E-state index contributed by atoms with van der Waals surface area (Å²) in [5.41, 5.74) is -0.374. The van der Waals surface area contributed by atoms with Crippen LogP contribution >= 0.6 is 0 Å². The highest BCUT2D eigenvalue weighted by Crippen LogP contribution is 2.40. The lowest BCUT2D eigenvalue weighted by Crippen LogP contribution is -2.57. The van der Waals surface area contributed by atoms with Gasteiger partial charge in [-0.05, 0) is 44.9 Å². The normalized spacial score (nSPS) is 24.1.